The van der Waals surface area contributed by atoms with E-state index in [0.717, 1.165) is 5.56 Å². The number of ether oxygens (including phenoxy) is 1. The third-order valence-corrected chi connectivity index (χ3v) is 2.95. The van der Waals surface area contributed by atoms with Crippen LogP contribution in [0.15, 0.2) is 48.5 Å². The van der Waals surface area contributed by atoms with Crippen molar-refractivity contribution in [1.82, 2.24) is 0 Å². The van der Waals surface area contributed by atoms with Crippen LogP contribution in [0, 0.1) is 6.92 Å². The van der Waals surface area contributed by atoms with E-state index in [1.807, 2.05) is 25.1 Å². The van der Waals surface area contributed by atoms with Crippen LogP contribution in [-0.2, 0) is 4.74 Å². The molecule has 0 unspecified atom stereocenters. The topological polar surface area (TPSA) is 79.5 Å². The number of nitrogens with one attached hydrogen (secondary N) is 3. The molecule has 0 aliphatic carbocycles. The van der Waals surface area contributed by atoms with Gasteiger partial charge in [-0.3, -0.25) is 5.32 Å². The van der Waals surface area contributed by atoms with Gasteiger partial charge >= 0.3 is 12.1 Å². The van der Waals surface area contributed by atoms with E-state index < -0.39 is 6.09 Å². The zero-order chi connectivity index (χ0) is 15.9. The lowest BCUT2D eigenvalue weighted by molar-refractivity contribution is 0.187. The highest BCUT2D eigenvalue weighted by molar-refractivity contribution is 6.00. The van der Waals surface area contributed by atoms with E-state index in [4.69, 9.17) is 0 Å². The van der Waals surface area contributed by atoms with E-state index in [1.165, 1.54) is 7.11 Å². The second-order valence-electron chi connectivity index (χ2n) is 4.59. The second-order valence-corrected chi connectivity index (χ2v) is 4.59. The Labute approximate surface area is 128 Å². The van der Waals surface area contributed by atoms with Crippen LogP contribution < -0.4 is 16.0 Å². The summed E-state index contributed by atoms with van der Waals surface area (Å²) in [5.41, 5.74) is 2.70. The van der Waals surface area contributed by atoms with Crippen molar-refractivity contribution in [2.45, 2.75) is 6.92 Å². The molecule has 0 aliphatic heterocycles. The monoisotopic (exact) mass is 299 g/mol. The van der Waals surface area contributed by atoms with Gasteiger partial charge in [0, 0.05) is 17.1 Å². The van der Waals surface area contributed by atoms with Gasteiger partial charge < -0.3 is 15.4 Å². The standard InChI is InChI=1S/C16H17N3O3/c1-11-8-9-13(18-16(21)22-2)10-14(11)19-15(20)17-12-6-4-3-5-7-12/h3-10H,1-2H3,(H,18,21)(H2,17,19,20). The highest BCUT2D eigenvalue weighted by Crippen LogP contribution is 2.20. The van der Waals surface area contributed by atoms with Crippen molar-refractivity contribution in [2.75, 3.05) is 23.1 Å². The molecule has 0 heterocycles. The number of amides is 3. The van der Waals surface area contributed by atoms with Crippen molar-refractivity contribution in [3.8, 4) is 0 Å². The molecule has 0 atom stereocenters. The SMILES string of the molecule is COC(=O)Nc1ccc(C)c(NC(=O)Nc2ccccc2)c1. The first-order chi connectivity index (χ1) is 10.6. The summed E-state index contributed by atoms with van der Waals surface area (Å²) in [6, 6.07) is 14.0. The van der Waals surface area contributed by atoms with Gasteiger partial charge in [0.25, 0.3) is 0 Å². The lowest BCUT2D eigenvalue weighted by Crippen LogP contribution is -2.20. The molecule has 2 aromatic carbocycles. The van der Waals surface area contributed by atoms with Crippen LogP contribution in [0.2, 0.25) is 0 Å². The summed E-state index contributed by atoms with van der Waals surface area (Å²) >= 11 is 0. The summed E-state index contributed by atoms with van der Waals surface area (Å²) in [6.45, 7) is 1.86. The average Bonchev–Trinajstić information content (AvgIpc) is 2.51. The Morgan fingerprint density at radius 2 is 1.64 bits per heavy atom. The molecule has 2 rings (SSSR count). The molecule has 2 aromatic rings. The summed E-state index contributed by atoms with van der Waals surface area (Å²) in [6.07, 6.45) is -0.566. The average molecular weight is 299 g/mol. The first-order valence-electron chi connectivity index (χ1n) is 6.67. The maximum absolute atomic E-state index is 12.0. The quantitative estimate of drug-likeness (QED) is 0.806. The highest BCUT2D eigenvalue weighted by atomic mass is 16.5. The zero-order valence-corrected chi connectivity index (χ0v) is 12.3. The maximum Gasteiger partial charge on any atom is 0.411 e. The van der Waals surface area contributed by atoms with E-state index in [1.54, 1.807) is 30.3 Å². The molecule has 0 saturated carbocycles. The van der Waals surface area contributed by atoms with Crippen LogP contribution in [0.3, 0.4) is 0 Å². The zero-order valence-electron chi connectivity index (χ0n) is 12.3. The first-order valence-corrected chi connectivity index (χ1v) is 6.67. The summed E-state index contributed by atoms with van der Waals surface area (Å²) in [5, 5.41) is 8.02. The normalized spacial score (nSPS) is 9.73. The Kier molecular flexibility index (Phi) is 4.98. The molecule has 0 aliphatic rings. The van der Waals surface area contributed by atoms with Gasteiger partial charge in [-0.25, -0.2) is 9.59 Å². The Morgan fingerprint density at radius 1 is 0.909 bits per heavy atom. The third-order valence-electron chi connectivity index (χ3n) is 2.95. The number of para-hydroxylation sites is 1. The summed E-state index contributed by atoms with van der Waals surface area (Å²) < 4.78 is 4.53. The molecule has 0 bridgehead atoms. The minimum absolute atomic E-state index is 0.357. The van der Waals surface area contributed by atoms with E-state index in [-0.39, 0.29) is 6.03 Å². The van der Waals surface area contributed by atoms with Gasteiger partial charge in [0.15, 0.2) is 0 Å². The molecule has 0 radical (unpaired) electrons. The fraction of sp³-hybridized carbons (Fsp3) is 0.125. The maximum atomic E-state index is 12.0. The Bertz CT molecular complexity index is 672. The van der Waals surface area contributed by atoms with Gasteiger partial charge in [-0.1, -0.05) is 24.3 Å². The Morgan fingerprint density at radius 3 is 2.32 bits per heavy atom. The van der Waals surface area contributed by atoms with Gasteiger partial charge in [0.05, 0.1) is 7.11 Å². The fourth-order valence-electron chi connectivity index (χ4n) is 1.81. The number of carbonyl (C=O) groups is 2. The third kappa shape index (κ3) is 4.24. The molecular formula is C16H17N3O3. The predicted octanol–water partition coefficient (Wildman–Crippen LogP) is 3.82. The van der Waals surface area contributed by atoms with Crippen molar-refractivity contribution in [3.05, 3.63) is 54.1 Å². The van der Waals surface area contributed by atoms with Gasteiger partial charge in [-0.15, -0.1) is 0 Å². The van der Waals surface area contributed by atoms with Crippen LogP contribution in [0.4, 0.5) is 26.7 Å². The smallest absolute Gasteiger partial charge is 0.411 e. The molecule has 0 aromatic heterocycles. The minimum atomic E-state index is -0.566. The molecule has 0 fully saturated rings. The molecule has 6 heteroatoms. The number of methoxy groups -OCH3 is 1. The largest absolute Gasteiger partial charge is 0.453 e. The van der Waals surface area contributed by atoms with Crippen LogP contribution in [0.5, 0.6) is 0 Å². The summed E-state index contributed by atoms with van der Waals surface area (Å²) in [4.78, 5) is 23.2. The predicted molar refractivity (Wildman–Crippen MR) is 86.3 cm³/mol. The van der Waals surface area contributed by atoms with E-state index in [9.17, 15) is 9.59 Å². The lowest BCUT2D eigenvalue weighted by atomic mass is 10.2. The van der Waals surface area contributed by atoms with Crippen LogP contribution in [0.25, 0.3) is 0 Å². The number of aryl methyl sites for hydroxylation is 1. The van der Waals surface area contributed by atoms with Crippen LogP contribution in [0.1, 0.15) is 5.56 Å². The number of anilines is 3. The highest BCUT2D eigenvalue weighted by Gasteiger charge is 2.07. The van der Waals surface area contributed by atoms with Gasteiger partial charge in [0.2, 0.25) is 0 Å². The summed E-state index contributed by atoms with van der Waals surface area (Å²) in [5.74, 6) is 0. The van der Waals surface area contributed by atoms with Crippen molar-refractivity contribution in [1.29, 1.82) is 0 Å². The van der Waals surface area contributed by atoms with Crippen LogP contribution in [-0.4, -0.2) is 19.2 Å². The van der Waals surface area contributed by atoms with Gasteiger partial charge in [-0.2, -0.15) is 0 Å². The number of urea groups is 1. The first kappa shape index (κ1) is 15.4. The van der Waals surface area contributed by atoms with E-state index in [0.29, 0.717) is 17.1 Å². The molecule has 3 amide bonds. The number of rotatable bonds is 3. The molecule has 3 N–H and O–H groups in total. The fourth-order valence-corrected chi connectivity index (χ4v) is 1.81. The van der Waals surface area contributed by atoms with Crippen molar-refractivity contribution >= 4 is 29.2 Å². The van der Waals surface area contributed by atoms with Crippen molar-refractivity contribution < 1.29 is 14.3 Å². The second kappa shape index (κ2) is 7.12. The number of hydrogen-bond donors (Lipinski definition) is 3. The van der Waals surface area contributed by atoms with E-state index >= 15 is 0 Å². The molecule has 0 saturated heterocycles. The molecule has 0 spiro atoms. The van der Waals surface area contributed by atoms with Crippen molar-refractivity contribution in [3.63, 3.8) is 0 Å². The summed E-state index contributed by atoms with van der Waals surface area (Å²) in [7, 11) is 1.29. The molecular weight excluding hydrogens is 282 g/mol. The van der Waals surface area contributed by atoms with Crippen LogP contribution >= 0.6 is 0 Å². The number of carbonyl (C=O) groups excluding carboxylic acids is 2. The van der Waals surface area contributed by atoms with E-state index in [2.05, 4.69) is 20.7 Å². The molecule has 114 valence electrons. The van der Waals surface area contributed by atoms with Gasteiger partial charge in [0.1, 0.15) is 0 Å². The molecule has 6 nitrogen and oxygen atoms in total. The lowest BCUT2D eigenvalue weighted by Gasteiger charge is -2.12. The van der Waals surface area contributed by atoms with Crippen molar-refractivity contribution in [2.24, 2.45) is 0 Å². The molecule has 22 heavy (non-hydrogen) atoms. The minimum Gasteiger partial charge on any atom is -0.453 e. The van der Waals surface area contributed by atoms with Gasteiger partial charge in [-0.05, 0) is 36.8 Å². The Balaban J connectivity index is 2.06. The number of hydrogen-bond acceptors (Lipinski definition) is 3. The number of benzene rings is 2. The Hall–Kier alpha value is -3.02.